The number of carbonyl (C=O) groups excluding carboxylic acids is 1. The summed E-state index contributed by atoms with van der Waals surface area (Å²) in [7, 11) is 5.48. The fraction of sp³-hybridized carbons (Fsp3) is 0.619. The fourth-order valence-corrected chi connectivity index (χ4v) is 4.15. The van der Waals surface area contributed by atoms with E-state index < -0.39 is 0 Å². The largest absolute Gasteiger partial charge is 0.493 e. The maximum Gasteiger partial charge on any atom is 0.225 e. The summed E-state index contributed by atoms with van der Waals surface area (Å²) in [6, 6.07) is 8.57. The van der Waals surface area contributed by atoms with E-state index >= 15 is 0 Å². The smallest absolute Gasteiger partial charge is 0.225 e. The normalized spacial score (nSPS) is 25.1. The Bertz CT molecular complexity index is 674. The Morgan fingerprint density at radius 2 is 2.07 bits per heavy atom. The van der Waals surface area contributed by atoms with Crippen LogP contribution in [0, 0.1) is 5.92 Å². The summed E-state index contributed by atoms with van der Waals surface area (Å²) in [6.45, 7) is 1.58. The molecule has 6 heteroatoms. The Balaban J connectivity index is 1.54. The number of rotatable bonds is 4. The van der Waals surface area contributed by atoms with Gasteiger partial charge in [-0.1, -0.05) is 24.6 Å². The average Bonchev–Trinajstić information content (AvgIpc) is 2.70. The third-order valence-corrected chi connectivity index (χ3v) is 5.63. The molecule has 1 heterocycles. The molecule has 1 aliphatic carbocycles. The first-order valence-electron chi connectivity index (χ1n) is 9.98. The zero-order valence-corrected chi connectivity index (χ0v) is 16.7. The van der Waals surface area contributed by atoms with Gasteiger partial charge in [-0.15, -0.1) is 0 Å². The number of nitrogens with zero attached hydrogens (tertiary/aromatic N) is 2. The summed E-state index contributed by atoms with van der Waals surface area (Å²) in [5, 5.41) is 7.01. The van der Waals surface area contributed by atoms with Crippen LogP contribution in [0.2, 0.25) is 0 Å². The Hall–Kier alpha value is -2.24. The van der Waals surface area contributed by atoms with E-state index in [0.29, 0.717) is 12.0 Å². The lowest BCUT2D eigenvalue weighted by Crippen LogP contribution is -2.47. The summed E-state index contributed by atoms with van der Waals surface area (Å²) in [6.07, 6.45) is 5.02. The minimum atomic E-state index is 0.117. The summed E-state index contributed by atoms with van der Waals surface area (Å²) in [4.78, 5) is 18.4. The number of para-hydroxylation sites is 1. The second-order valence-electron chi connectivity index (χ2n) is 7.76. The number of aliphatic imine (C=N–C) groups is 1. The van der Waals surface area contributed by atoms with Gasteiger partial charge in [-0.2, -0.15) is 0 Å². The molecule has 2 N–H and O–H groups in total. The minimum Gasteiger partial charge on any atom is -0.493 e. The number of ether oxygens (including phenoxy) is 1. The van der Waals surface area contributed by atoms with Gasteiger partial charge in [0.15, 0.2) is 5.96 Å². The maximum atomic E-state index is 12.3. The molecule has 0 bridgehead atoms. The topological polar surface area (TPSA) is 66.0 Å². The van der Waals surface area contributed by atoms with E-state index in [1.54, 1.807) is 11.9 Å². The van der Waals surface area contributed by atoms with Gasteiger partial charge < -0.3 is 20.3 Å². The molecule has 1 aromatic rings. The van der Waals surface area contributed by atoms with Crippen LogP contribution >= 0.6 is 0 Å². The van der Waals surface area contributed by atoms with Gasteiger partial charge in [0.05, 0.1) is 6.61 Å². The van der Waals surface area contributed by atoms with Gasteiger partial charge >= 0.3 is 0 Å². The Morgan fingerprint density at radius 1 is 1.26 bits per heavy atom. The van der Waals surface area contributed by atoms with Crippen molar-refractivity contribution in [1.29, 1.82) is 0 Å². The molecule has 3 atom stereocenters. The van der Waals surface area contributed by atoms with E-state index in [4.69, 9.17) is 4.74 Å². The first kappa shape index (κ1) is 19.5. The van der Waals surface area contributed by atoms with Crippen molar-refractivity contribution in [3.05, 3.63) is 29.8 Å². The maximum absolute atomic E-state index is 12.3. The van der Waals surface area contributed by atoms with Crippen molar-refractivity contribution in [2.75, 3.05) is 34.3 Å². The summed E-state index contributed by atoms with van der Waals surface area (Å²) in [5.74, 6) is 2.59. The van der Waals surface area contributed by atoms with E-state index in [-0.39, 0.29) is 11.8 Å². The standard InChI is InChI=1S/C21H32N4O2/c1-22-21(24-17-8-6-7-15(13-17)20(26)25(2)3)23-14-16-11-12-27-19-10-5-4-9-18(16)19/h4-5,9-10,15-17H,6-8,11-14H2,1-3H3,(H2,22,23,24). The average molecular weight is 373 g/mol. The van der Waals surface area contributed by atoms with Gasteiger partial charge in [0.1, 0.15) is 5.75 Å². The van der Waals surface area contributed by atoms with Gasteiger partial charge in [0.25, 0.3) is 0 Å². The third kappa shape index (κ3) is 4.93. The van der Waals surface area contributed by atoms with Crippen LogP contribution in [0.4, 0.5) is 0 Å². The molecular formula is C21H32N4O2. The highest BCUT2D eigenvalue weighted by Crippen LogP contribution is 2.32. The van der Waals surface area contributed by atoms with Crippen LogP contribution in [0.25, 0.3) is 0 Å². The zero-order chi connectivity index (χ0) is 19.2. The molecule has 1 saturated carbocycles. The lowest BCUT2D eigenvalue weighted by molar-refractivity contribution is -0.134. The van der Waals surface area contributed by atoms with Gasteiger partial charge in [-0.25, -0.2) is 0 Å². The number of benzene rings is 1. The van der Waals surface area contributed by atoms with Gasteiger partial charge in [0, 0.05) is 45.6 Å². The van der Waals surface area contributed by atoms with E-state index in [1.807, 2.05) is 26.2 Å². The second kappa shape index (κ2) is 9.11. The number of nitrogens with one attached hydrogen (secondary N) is 2. The van der Waals surface area contributed by atoms with Crippen molar-refractivity contribution in [2.45, 2.75) is 44.1 Å². The summed E-state index contributed by atoms with van der Waals surface area (Å²) < 4.78 is 5.75. The van der Waals surface area contributed by atoms with Crippen molar-refractivity contribution in [3.63, 3.8) is 0 Å². The van der Waals surface area contributed by atoms with Crippen LogP contribution in [-0.4, -0.2) is 57.1 Å². The minimum absolute atomic E-state index is 0.117. The molecule has 0 saturated heterocycles. The predicted octanol–water partition coefficient (Wildman–Crippen LogP) is 2.36. The zero-order valence-electron chi connectivity index (χ0n) is 16.7. The van der Waals surface area contributed by atoms with Crippen molar-refractivity contribution in [1.82, 2.24) is 15.5 Å². The molecule has 1 aromatic carbocycles. The van der Waals surface area contributed by atoms with Crippen molar-refractivity contribution in [3.8, 4) is 5.75 Å². The summed E-state index contributed by atoms with van der Waals surface area (Å²) in [5.41, 5.74) is 1.26. The number of hydrogen-bond acceptors (Lipinski definition) is 3. The Labute approximate surface area is 162 Å². The van der Waals surface area contributed by atoms with Crippen LogP contribution in [0.1, 0.15) is 43.6 Å². The van der Waals surface area contributed by atoms with Crippen molar-refractivity contribution in [2.24, 2.45) is 10.9 Å². The van der Waals surface area contributed by atoms with Crippen LogP contribution in [-0.2, 0) is 4.79 Å². The van der Waals surface area contributed by atoms with E-state index in [2.05, 4.69) is 27.8 Å². The van der Waals surface area contributed by atoms with Crippen molar-refractivity contribution >= 4 is 11.9 Å². The SMILES string of the molecule is CN=C(NCC1CCOc2ccccc21)NC1CCCC(C(=O)N(C)C)C1. The van der Waals surface area contributed by atoms with Crippen molar-refractivity contribution < 1.29 is 9.53 Å². The number of amides is 1. The number of guanidine groups is 1. The highest BCUT2D eigenvalue weighted by Gasteiger charge is 2.29. The van der Waals surface area contributed by atoms with E-state index in [0.717, 1.165) is 57.0 Å². The molecule has 6 nitrogen and oxygen atoms in total. The highest BCUT2D eigenvalue weighted by molar-refractivity contribution is 5.81. The van der Waals surface area contributed by atoms with Crippen LogP contribution < -0.4 is 15.4 Å². The quantitative estimate of drug-likeness (QED) is 0.629. The molecule has 0 radical (unpaired) electrons. The van der Waals surface area contributed by atoms with Crippen LogP contribution in [0.15, 0.2) is 29.3 Å². The molecule has 3 unspecified atom stereocenters. The molecule has 0 spiro atoms. The lowest BCUT2D eigenvalue weighted by atomic mass is 9.85. The van der Waals surface area contributed by atoms with E-state index in [9.17, 15) is 4.79 Å². The molecule has 3 rings (SSSR count). The summed E-state index contributed by atoms with van der Waals surface area (Å²) >= 11 is 0. The van der Waals surface area contributed by atoms with Gasteiger partial charge in [0.2, 0.25) is 5.91 Å². The monoisotopic (exact) mass is 372 g/mol. The number of hydrogen-bond donors (Lipinski definition) is 2. The first-order valence-corrected chi connectivity index (χ1v) is 9.98. The first-order chi connectivity index (χ1) is 13.1. The van der Waals surface area contributed by atoms with Gasteiger partial charge in [-0.05, 0) is 37.3 Å². The predicted molar refractivity (Wildman–Crippen MR) is 108 cm³/mol. The van der Waals surface area contributed by atoms with Gasteiger partial charge in [-0.3, -0.25) is 9.79 Å². The van der Waals surface area contributed by atoms with E-state index in [1.165, 1.54) is 5.56 Å². The lowest BCUT2D eigenvalue weighted by Gasteiger charge is -2.32. The third-order valence-electron chi connectivity index (χ3n) is 5.63. The number of fused-ring (bicyclic) bond motifs is 1. The molecule has 27 heavy (non-hydrogen) atoms. The molecular weight excluding hydrogens is 340 g/mol. The number of carbonyl (C=O) groups is 1. The van der Waals surface area contributed by atoms with Crippen LogP contribution in [0.3, 0.4) is 0 Å². The molecule has 0 aromatic heterocycles. The Kier molecular flexibility index (Phi) is 6.58. The molecule has 1 fully saturated rings. The molecule has 2 aliphatic rings. The van der Waals surface area contributed by atoms with Crippen LogP contribution in [0.5, 0.6) is 5.75 Å². The molecule has 148 valence electrons. The fourth-order valence-electron chi connectivity index (χ4n) is 4.15. The highest BCUT2D eigenvalue weighted by atomic mass is 16.5. The molecule has 1 amide bonds. The second-order valence-corrected chi connectivity index (χ2v) is 7.76. The Morgan fingerprint density at radius 3 is 2.85 bits per heavy atom. The molecule has 1 aliphatic heterocycles.